The molecule has 0 N–H and O–H groups in total. The van der Waals surface area contributed by atoms with E-state index < -0.39 is 0 Å². The zero-order chi connectivity index (χ0) is 12.5. The van der Waals surface area contributed by atoms with Crippen molar-refractivity contribution in [3.8, 4) is 0 Å². The number of rotatable bonds is 8. The molecule has 0 saturated carbocycles. The van der Waals surface area contributed by atoms with Gasteiger partial charge in [0.25, 0.3) is 0 Å². The van der Waals surface area contributed by atoms with Gasteiger partial charge in [-0.15, -0.1) is 0 Å². The Morgan fingerprint density at radius 2 is 1.88 bits per heavy atom. The van der Waals surface area contributed by atoms with Crippen molar-refractivity contribution in [3.05, 3.63) is 29.0 Å². The van der Waals surface area contributed by atoms with Crippen LogP contribution >= 0.6 is 11.6 Å². The van der Waals surface area contributed by atoms with E-state index in [1.807, 2.05) is 12.3 Å². The van der Waals surface area contributed by atoms with E-state index >= 15 is 0 Å². The zero-order valence-electron chi connectivity index (χ0n) is 11.1. The first-order valence-electron chi connectivity index (χ1n) is 6.89. The maximum atomic E-state index is 5.83. The van der Waals surface area contributed by atoms with E-state index in [9.17, 15) is 0 Å². The molecule has 0 aromatic carbocycles. The number of hydrogen-bond acceptors (Lipinski definition) is 1. The summed E-state index contributed by atoms with van der Waals surface area (Å²) in [5, 5.41) is 0.593. The van der Waals surface area contributed by atoms with Crippen molar-refractivity contribution in [1.82, 2.24) is 4.98 Å². The molecule has 17 heavy (non-hydrogen) atoms. The highest BCUT2D eigenvalue weighted by Gasteiger charge is 2.10. The van der Waals surface area contributed by atoms with Crippen LogP contribution in [-0.4, -0.2) is 4.98 Å². The summed E-state index contributed by atoms with van der Waals surface area (Å²) in [5.74, 6) is 0.668. The van der Waals surface area contributed by atoms with Gasteiger partial charge >= 0.3 is 0 Å². The van der Waals surface area contributed by atoms with Crippen LogP contribution in [0.2, 0.25) is 5.15 Å². The highest BCUT2D eigenvalue weighted by atomic mass is 35.5. The van der Waals surface area contributed by atoms with Gasteiger partial charge in [0.15, 0.2) is 0 Å². The lowest BCUT2D eigenvalue weighted by atomic mass is 9.90. The Kier molecular flexibility index (Phi) is 7.27. The fourth-order valence-corrected chi connectivity index (χ4v) is 2.38. The number of aromatic nitrogens is 1. The number of halogens is 1. The predicted octanol–water partition coefficient (Wildman–Crippen LogP) is 5.59. The van der Waals surface area contributed by atoms with Crippen molar-refractivity contribution >= 4 is 11.6 Å². The fourth-order valence-electron chi connectivity index (χ4n) is 2.27. The molecule has 1 unspecified atom stereocenters. The van der Waals surface area contributed by atoms with Crippen LogP contribution in [-0.2, 0) is 0 Å². The topological polar surface area (TPSA) is 12.9 Å². The zero-order valence-corrected chi connectivity index (χ0v) is 11.8. The molecular formula is C15H24ClN. The molecule has 96 valence electrons. The SMILES string of the molecule is CCCCCCC(CCC)c1ccc(Cl)nc1. The van der Waals surface area contributed by atoms with Crippen molar-refractivity contribution in [2.24, 2.45) is 0 Å². The minimum atomic E-state index is 0.593. The maximum Gasteiger partial charge on any atom is 0.129 e. The van der Waals surface area contributed by atoms with E-state index in [0.717, 1.165) is 0 Å². The quantitative estimate of drug-likeness (QED) is 0.435. The van der Waals surface area contributed by atoms with Crippen LogP contribution in [0.15, 0.2) is 18.3 Å². The van der Waals surface area contributed by atoms with E-state index in [-0.39, 0.29) is 0 Å². The number of unbranched alkanes of at least 4 members (excludes halogenated alkanes) is 3. The third-order valence-electron chi connectivity index (χ3n) is 3.26. The van der Waals surface area contributed by atoms with E-state index in [0.29, 0.717) is 11.1 Å². The summed E-state index contributed by atoms with van der Waals surface area (Å²) in [6.07, 6.45) is 11.1. The Morgan fingerprint density at radius 1 is 1.06 bits per heavy atom. The molecule has 1 rings (SSSR count). The van der Waals surface area contributed by atoms with Gasteiger partial charge in [-0.05, 0) is 30.4 Å². The van der Waals surface area contributed by atoms with Crippen LogP contribution in [0.5, 0.6) is 0 Å². The lowest BCUT2D eigenvalue weighted by Gasteiger charge is -2.16. The van der Waals surface area contributed by atoms with Crippen LogP contribution in [0.3, 0.4) is 0 Å². The molecule has 2 heteroatoms. The van der Waals surface area contributed by atoms with Gasteiger partial charge in [0, 0.05) is 6.20 Å². The van der Waals surface area contributed by atoms with Crippen molar-refractivity contribution < 1.29 is 0 Å². The van der Waals surface area contributed by atoms with Gasteiger partial charge in [-0.1, -0.05) is 63.6 Å². The van der Waals surface area contributed by atoms with E-state index in [1.54, 1.807) is 0 Å². The van der Waals surface area contributed by atoms with E-state index in [2.05, 4.69) is 24.9 Å². The molecule has 0 amide bonds. The predicted molar refractivity (Wildman–Crippen MR) is 75.7 cm³/mol. The van der Waals surface area contributed by atoms with Gasteiger partial charge in [-0.3, -0.25) is 0 Å². The molecule has 0 aliphatic heterocycles. The number of pyridine rings is 1. The summed E-state index contributed by atoms with van der Waals surface area (Å²) < 4.78 is 0. The van der Waals surface area contributed by atoms with Crippen LogP contribution in [0.4, 0.5) is 0 Å². The van der Waals surface area contributed by atoms with Gasteiger partial charge in [0.2, 0.25) is 0 Å². The maximum absolute atomic E-state index is 5.83. The largest absolute Gasteiger partial charge is 0.244 e. The van der Waals surface area contributed by atoms with Crippen molar-refractivity contribution in [1.29, 1.82) is 0 Å². The Labute approximate surface area is 111 Å². The second-order valence-electron chi connectivity index (χ2n) is 4.75. The first kappa shape index (κ1) is 14.5. The molecule has 0 radical (unpaired) electrons. The summed E-state index contributed by atoms with van der Waals surface area (Å²) >= 11 is 5.83. The first-order chi connectivity index (χ1) is 8.27. The lowest BCUT2D eigenvalue weighted by molar-refractivity contribution is 0.520. The molecule has 1 atom stereocenters. The van der Waals surface area contributed by atoms with Crippen molar-refractivity contribution in [2.75, 3.05) is 0 Å². The molecular weight excluding hydrogens is 230 g/mol. The molecule has 0 saturated heterocycles. The number of hydrogen-bond donors (Lipinski definition) is 0. The molecule has 0 aliphatic carbocycles. The average Bonchev–Trinajstić information content (AvgIpc) is 2.34. The molecule has 1 aromatic heterocycles. The smallest absolute Gasteiger partial charge is 0.129 e. The minimum Gasteiger partial charge on any atom is -0.244 e. The van der Waals surface area contributed by atoms with Crippen LogP contribution in [0, 0.1) is 0 Å². The molecule has 0 bridgehead atoms. The van der Waals surface area contributed by atoms with Crippen LogP contribution in [0.1, 0.15) is 70.3 Å². The molecule has 0 fully saturated rings. The van der Waals surface area contributed by atoms with Crippen molar-refractivity contribution in [2.45, 2.75) is 64.7 Å². The molecule has 1 aromatic rings. The van der Waals surface area contributed by atoms with Crippen molar-refractivity contribution in [3.63, 3.8) is 0 Å². The third kappa shape index (κ3) is 5.54. The summed E-state index contributed by atoms with van der Waals surface area (Å²) in [6.45, 7) is 4.51. The highest BCUT2D eigenvalue weighted by Crippen LogP contribution is 2.27. The minimum absolute atomic E-state index is 0.593. The van der Waals surface area contributed by atoms with Gasteiger partial charge in [-0.25, -0.2) is 4.98 Å². The normalized spacial score (nSPS) is 12.6. The molecule has 1 heterocycles. The Bertz CT molecular complexity index is 294. The molecule has 0 spiro atoms. The Balaban J connectivity index is 2.49. The van der Waals surface area contributed by atoms with Gasteiger partial charge < -0.3 is 0 Å². The monoisotopic (exact) mass is 253 g/mol. The summed E-state index contributed by atoms with van der Waals surface area (Å²) in [7, 11) is 0. The Hall–Kier alpha value is -0.560. The third-order valence-corrected chi connectivity index (χ3v) is 3.49. The summed E-state index contributed by atoms with van der Waals surface area (Å²) in [4.78, 5) is 4.19. The summed E-state index contributed by atoms with van der Waals surface area (Å²) in [5.41, 5.74) is 1.35. The van der Waals surface area contributed by atoms with Gasteiger partial charge in [0.1, 0.15) is 5.15 Å². The molecule has 0 aliphatic rings. The summed E-state index contributed by atoms with van der Waals surface area (Å²) in [6, 6.07) is 4.04. The van der Waals surface area contributed by atoms with Gasteiger partial charge in [0.05, 0.1) is 0 Å². The second-order valence-corrected chi connectivity index (χ2v) is 5.14. The highest BCUT2D eigenvalue weighted by molar-refractivity contribution is 6.29. The fraction of sp³-hybridized carbons (Fsp3) is 0.667. The van der Waals surface area contributed by atoms with Crippen LogP contribution in [0.25, 0.3) is 0 Å². The van der Waals surface area contributed by atoms with Crippen LogP contribution < -0.4 is 0 Å². The Morgan fingerprint density at radius 3 is 2.47 bits per heavy atom. The molecule has 1 nitrogen and oxygen atoms in total. The lowest BCUT2D eigenvalue weighted by Crippen LogP contribution is -1.99. The van der Waals surface area contributed by atoms with Gasteiger partial charge in [-0.2, -0.15) is 0 Å². The number of nitrogens with zero attached hydrogens (tertiary/aromatic N) is 1. The first-order valence-corrected chi connectivity index (χ1v) is 7.27. The second kappa shape index (κ2) is 8.52. The van der Waals surface area contributed by atoms with E-state index in [4.69, 9.17) is 11.6 Å². The van der Waals surface area contributed by atoms with E-state index in [1.165, 1.54) is 50.5 Å². The standard InChI is InChI=1S/C15H24ClN/c1-3-5-6-7-9-13(8-4-2)14-10-11-15(16)17-12-14/h10-13H,3-9H2,1-2H3. The average molecular weight is 254 g/mol.